The molecular formula is C23H26N4O2S. The van der Waals surface area contributed by atoms with Crippen LogP contribution in [0, 0.1) is 13.8 Å². The zero-order valence-corrected chi connectivity index (χ0v) is 18.2. The predicted molar refractivity (Wildman–Crippen MR) is 120 cm³/mol. The number of ether oxygens (including phenoxy) is 1. The number of aromatic nitrogens is 2. The van der Waals surface area contributed by atoms with E-state index in [-0.39, 0.29) is 5.91 Å². The molecular weight excluding hydrogens is 396 g/mol. The van der Waals surface area contributed by atoms with Gasteiger partial charge in [-0.25, -0.2) is 9.97 Å². The first-order valence-electron chi connectivity index (χ1n) is 10.6. The minimum absolute atomic E-state index is 0.149. The van der Waals surface area contributed by atoms with Crippen molar-refractivity contribution >= 4 is 33.3 Å². The van der Waals surface area contributed by atoms with Crippen LogP contribution in [0.1, 0.15) is 39.0 Å². The molecule has 0 unspecified atom stereocenters. The fraction of sp³-hybridized carbons (Fsp3) is 0.435. The maximum Gasteiger partial charge on any atom is 0.264 e. The Morgan fingerprint density at radius 1 is 1.10 bits per heavy atom. The number of carbonyl (C=O) groups excluding carboxylic acids is 1. The molecule has 4 heterocycles. The van der Waals surface area contributed by atoms with Gasteiger partial charge in [-0.3, -0.25) is 4.79 Å². The number of rotatable bonds is 3. The predicted octanol–water partition coefficient (Wildman–Crippen LogP) is 3.77. The van der Waals surface area contributed by atoms with Crippen LogP contribution in [0.3, 0.4) is 0 Å². The average Bonchev–Trinajstić information content (AvgIpc) is 3.38. The molecule has 0 saturated carbocycles. The molecule has 1 aromatic carbocycles. The lowest BCUT2D eigenvalue weighted by Crippen LogP contribution is -2.40. The smallest absolute Gasteiger partial charge is 0.264 e. The molecule has 0 bridgehead atoms. The van der Waals surface area contributed by atoms with Crippen molar-refractivity contribution in [2.75, 3.05) is 44.3 Å². The van der Waals surface area contributed by atoms with E-state index < -0.39 is 0 Å². The Kier molecular flexibility index (Phi) is 5.16. The van der Waals surface area contributed by atoms with E-state index in [0.29, 0.717) is 32.2 Å². The number of nitrogens with zero attached hydrogens (tertiary/aromatic N) is 4. The Balaban J connectivity index is 1.49. The minimum Gasteiger partial charge on any atom is -0.378 e. The molecule has 0 spiro atoms. The number of benzene rings is 1. The third-order valence-corrected chi connectivity index (χ3v) is 7.15. The number of aryl methyl sites for hydroxylation is 2. The second-order valence-corrected chi connectivity index (χ2v) is 9.18. The quantitative estimate of drug-likeness (QED) is 0.643. The Morgan fingerprint density at radius 3 is 2.60 bits per heavy atom. The Labute approximate surface area is 180 Å². The van der Waals surface area contributed by atoms with Crippen molar-refractivity contribution in [2.45, 2.75) is 26.2 Å². The van der Waals surface area contributed by atoms with Crippen LogP contribution in [0.4, 0.5) is 5.95 Å². The molecule has 5 rings (SSSR count). The summed E-state index contributed by atoms with van der Waals surface area (Å²) in [4.78, 5) is 27.8. The van der Waals surface area contributed by atoms with E-state index in [0.717, 1.165) is 41.7 Å². The molecule has 0 N–H and O–H groups in total. The van der Waals surface area contributed by atoms with Crippen molar-refractivity contribution in [1.29, 1.82) is 0 Å². The van der Waals surface area contributed by atoms with Crippen LogP contribution in [0.2, 0.25) is 0 Å². The standard InChI is InChI=1S/C23H26N4O2S/c1-15-13-16(2)25-23(24-15)27-8-7-17(14-27)20-18-5-3-4-6-19(18)30-21(20)22(28)26-9-11-29-12-10-26/h3-6,13,17H,7-12,14H2,1-2H3/t17-/m0/s1. The van der Waals surface area contributed by atoms with Gasteiger partial charge in [0.1, 0.15) is 0 Å². The van der Waals surface area contributed by atoms with Crippen LogP contribution in [-0.4, -0.2) is 60.2 Å². The number of carbonyl (C=O) groups is 1. The summed E-state index contributed by atoms with van der Waals surface area (Å²) < 4.78 is 6.63. The van der Waals surface area contributed by atoms with Gasteiger partial charge in [0.15, 0.2) is 0 Å². The van der Waals surface area contributed by atoms with Gasteiger partial charge in [0.25, 0.3) is 5.91 Å². The van der Waals surface area contributed by atoms with Gasteiger partial charge in [0.2, 0.25) is 5.95 Å². The van der Waals surface area contributed by atoms with Gasteiger partial charge in [-0.2, -0.15) is 0 Å². The van der Waals surface area contributed by atoms with E-state index in [1.54, 1.807) is 11.3 Å². The van der Waals surface area contributed by atoms with Gasteiger partial charge in [-0.15, -0.1) is 11.3 Å². The first-order valence-corrected chi connectivity index (χ1v) is 11.4. The number of hydrogen-bond donors (Lipinski definition) is 0. The Hall–Kier alpha value is -2.51. The lowest BCUT2D eigenvalue weighted by Gasteiger charge is -2.27. The summed E-state index contributed by atoms with van der Waals surface area (Å²) >= 11 is 1.63. The van der Waals surface area contributed by atoms with E-state index in [9.17, 15) is 4.79 Å². The first-order chi connectivity index (χ1) is 14.6. The molecule has 7 heteroatoms. The molecule has 0 radical (unpaired) electrons. The molecule has 1 atom stereocenters. The number of morpholine rings is 1. The van der Waals surface area contributed by atoms with Crippen LogP contribution in [-0.2, 0) is 4.74 Å². The monoisotopic (exact) mass is 422 g/mol. The molecule has 30 heavy (non-hydrogen) atoms. The molecule has 1 amide bonds. The van der Waals surface area contributed by atoms with Gasteiger partial charge in [-0.1, -0.05) is 18.2 Å². The zero-order valence-electron chi connectivity index (χ0n) is 17.4. The molecule has 2 fully saturated rings. The fourth-order valence-electron chi connectivity index (χ4n) is 4.57. The van der Waals surface area contributed by atoms with Crippen molar-refractivity contribution in [3.05, 3.63) is 52.2 Å². The summed E-state index contributed by atoms with van der Waals surface area (Å²) in [5, 5.41) is 1.22. The highest BCUT2D eigenvalue weighted by atomic mass is 32.1. The minimum atomic E-state index is 0.149. The van der Waals surface area contributed by atoms with Crippen LogP contribution >= 0.6 is 11.3 Å². The van der Waals surface area contributed by atoms with Gasteiger partial charge >= 0.3 is 0 Å². The SMILES string of the molecule is Cc1cc(C)nc(N2CC[C@H](c3c(C(=O)N4CCOCC4)sc4ccccc34)C2)n1. The zero-order chi connectivity index (χ0) is 20.7. The summed E-state index contributed by atoms with van der Waals surface area (Å²) in [5.41, 5.74) is 3.19. The normalized spacial score (nSPS) is 19.6. The Bertz CT molecular complexity index is 1070. The van der Waals surface area contributed by atoms with Crippen molar-refractivity contribution in [1.82, 2.24) is 14.9 Å². The highest BCUT2D eigenvalue weighted by Gasteiger charge is 2.33. The van der Waals surface area contributed by atoms with E-state index in [2.05, 4.69) is 39.1 Å². The summed E-state index contributed by atoms with van der Waals surface area (Å²) in [6, 6.07) is 10.4. The van der Waals surface area contributed by atoms with Crippen LogP contribution in [0.15, 0.2) is 30.3 Å². The highest BCUT2D eigenvalue weighted by molar-refractivity contribution is 7.21. The van der Waals surface area contributed by atoms with Crippen LogP contribution in [0.25, 0.3) is 10.1 Å². The molecule has 2 aromatic heterocycles. The van der Waals surface area contributed by atoms with E-state index in [4.69, 9.17) is 4.74 Å². The lowest BCUT2D eigenvalue weighted by molar-refractivity contribution is 0.0305. The number of thiophene rings is 1. The van der Waals surface area contributed by atoms with E-state index in [1.165, 1.54) is 15.6 Å². The van der Waals surface area contributed by atoms with Crippen molar-refractivity contribution in [3.8, 4) is 0 Å². The number of amides is 1. The van der Waals surface area contributed by atoms with E-state index >= 15 is 0 Å². The molecule has 3 aromatic rings. The average molecular weight is 423 g/mol. The summed E-state index contributed by atoms with van der Waals surface area (Å²) in [6.07, 6.45) is 1.00. The molecule has 2 saturated heterocycles. The molecule has 0 aliphatic carbocycles. The second kappa shape index (κ2) is 7.96. The Morgan fingerprint density at radius 2 is 1.83 bits per heavy atom. The summed E-state index contributed by atoms with van der Waals surface area (Å²) in [6.45, 7) is 8.34. The third-order valence-electron chi connectivity index (χ3n) is 5.98. The van der Waals surface area contributed by atoms with Crippen molar-refractivity contribution in [2.24, 2.45) is 0 Å². The van der Waals surface area contributed by atoms with E-state index in [1.807, 2.05) is 24.8 Å². The molecule has 2 aliphatic heterocycles. The number of fused-ring (bicyclic) bond motifs is 1. The maximum atomic E-state index is 13.4. The second-order valence-electron chi connectivity index (χ2n) is 8.13. The van der Waals surface area contributed by atoms with Crippen LogP contribution in [0.5, 0.6) is 0 Å². The summed E-state index contributed by atoms with van der Waals surface area (Å²) in [5.74, 6) is 1.25. The van der Waals surface area contributed by atoms with Gasteiger partial charge in [0, 0.05) is 48.2 Å². The fourth-order valence-corrected chi connectivity index (χ4v) is 5.82. The van der Waals surface area contributed by atoms with Crippen LogP contribution < -0.4 is 4.90 Å². The molecule has 156 valence electrons. The number of anilines is 1. The van der Waals surface area contributed by atoms with Crippen molar-refractivity contribution < 1.29 is 9.53 Å². The van der Waals surface area contributed by atoms with Gasteiger partial charge in [-0.05, 0) is 43.4 Å². The van der Waals surface area contributed by atoms with Gasteiger partial charge in [0.05, 0.1) is 18.1 Å². The summed E-state index contributed by atoms with van der Waals surface area (Å²) in [7, 11) is 0. The topological polar surface area (TPSA) is 58.6 Å². The largest absolute Gasteiger partial charge is 0.378 e. The maximum absolute atomic E-state index is 13.4. The first kappa shape index (κ1) is 19.5. The lowest BCUT2D eigenvalue weighted by atomic mass is 9.94. The molecule has 6 nitrogen and oxygen atoms in total. The van der Waals surface area contributed by atoms with Crippen molar-refractivity contribution in [3.63, 3.8) is 0 Å². The third kappa shape index (κ3) is 3.56. The molecule has 2 aliphatic rings. The van der Waals surface area contributed by atoms with Gasteiger partial charge < -0.3 is 14.5 Å². The number of hydrogen-bond acceptors (Lipinski definition) is 6. The highest BCUT2D eigenvalue weighted by Crippen LogP contribution is 2.41.